The van der Waals surface area contributed by atoms with E-state index in [9.17, 15) is 4.79 Å². The predicted octanol–water partition coefficient (Wildman–Crippen LogP) is 3.97. The van der Waals surface area contributed by atoms with Crippen molar-refractivity contribution in [3.8, 4) is 11.5 Å². The van der Waals surface area contributed by atoms with E-state index in [2.05, 4.69) is 47.1 Å². The SMILES string of the molecule is CCc1ccc(N2CN(Cc3ccc4c(c3)OCO4)Cn3c2nc(C)c(CC)c3=O)cc1. The van der Waals surface area contributed by atoms with Crippen LogP contribution in [0.15, 0.2) is 47.3 Å². The maximum atomic E-state index is 13.3. The van der Waals surface area contributed by atoms with Gasteiger partial charge in [-0.05, 0) is 55.2 Å². The average molecular weight is 433 g/mol. The number of hydrogen-bond acceptors (Lipinski definition) is 6. The molecule has 0 fully saturated rings. The van der Waals surface area contributed by atoms with Crippen molar-refractivity contribution in [2.75, 3.05) is 18.4 Å². The molecule has 0 saturated carbocycles. The number of rotatable bonds is 5. The van der Waals surface area contributed by atoms with Crippen LogP contribution in [-0.4, -0.2) is 27.9 Å². The van der Waals surface area contributed by atoms with E-state index in [0.29, 0.717) is 32.3 Å². The zero-order chi connectivity index (χ0) is 22.2. The molecule has 0 radical (unpaired) electrons. The van der Waals surface area contributed by atoms with Crippen molar-refractivity contribution in [1.29, 1.82) is 0 Å². The first kappa shape index (κ1) is 20.6. The first-order valence-corrected chi connectivity index (χ1v) is 11.1. The molecule has 0 atom stereocenters. The molecule has 3 heterocycles. The molecular weight excluding hydrogens is 404 g/mol. The van der Waals surface area contributed by atoms with Crippen LogP contribution in [-0.2, 0) is 26.1 Å². The highest BCUT2D eigenvalue weighted by Gasteiger charge is 2.28. The molecule has 2 aliphatic rings. The van der Waals surface area contributed by atoms with Crippen molar-refractivity contribution >= 4 is 11.6 Å². The Morgan fingerprint density at radius 2 is 1.69 bits per heavy atom. The summed E-state index contributed by atoms with van der Waals surface area (Å²) in [4.78, 5) is 22.6. The van der Waals surface area contributed by atoms with Crippen LogP contribution in [0, 0.1) is 6.92 Å². The lowest BCUT2D eigenvalue weighted by molar-refractivity contribution is 0.173. The summed E-state index contributed by atoms with van der Waals surface area (Å²) in [6.07, 6.45) is 1.66. The van der Waals surface area contributed by atoms with Gasteiger partial charge < -0.3 is 9.47 Å². The normalized spacial score (nSPS) is 15.2. The number of benzene rings is 2. The summed E-state index contributed by atoms with van der Waals surface area (Å²) in [6, 6.07) is 14.5. The van der Waals surface area contributed by atoms with Gasteiger partial charge in [-0.25, -0.2) is 4.98 Å². The summed E-state index contributed by atoms with van der Waals surface area (Å²) in [5, 5.41) is 0. The Labute approximate surface area is 187 Å². The van der Waals surface area contributed by atoms with Crippen molar-refractivity contribution in [3.05, 3.63) is 75.2 Å². The molecule has 2 aliphatic heterocycles. The number of ether oxygens (including phenoxy) is 2. The van der Waals surface area contributed by atoms with Gasteiger partial charge >= 0.3 is 0 Å². The molecule has 166 valence electrons. The average Bonchev–Trinajstić information content (AvgIpc) is 3.27. The fraction of sp³-hybridized carbons (Fsp3) is 0.360. The van der Waals surface area contributed by atoms with Crippen LogP contribution in [0.2, 0.25) is 0 Å². The van der Waals surface area contributed by atoms with Crippen molar-refractivity contribution in [2.45, 2.75) is 46.8 Å². The monoisotopic (exact) mass is 432 g/mol. The Kier molecular flexibility index (Phi) is 5.35. The van der Waals surface area contributed by atoms with Gasteiger partial charge in [0.25, 0.3) is 5.56 Å². The van der Waals surface area contributed by atoms with E-state index < -0.39 is 0 Å². The molecule has 32 heavy (non-hydrogen) atoms. The van der Waals surface area contributed by atoms with E-state index in [1.54, 1.807) is 4.57 Å². The highest BCUT2D eigenvalue weighted by atomic mass is 16.7. The second-order valence-corrected chi connectivity index (χ2v) is 8.31. The fourth-order valence-corrected chi connectivity index (χ4v) is 4.44. The van der Waals surface area contributed by atoms with Crippen LogP contribution >= 0.6 is 0 Å². The smallest absolute Gasteiger partial charge is 0.259 e. The number of fused-ring (bicyclic) bond motifs is 2. The third kappa shape index (κ3) is 3.62. The number of hydrogen-bond donors (Lipinski definition) is 0. The molecule has 7 nitrogen and oxygen atoms in total. The lowest BCUT2D eigenvalue weighted by atomic mass is 10.1. The zero-order valence-corrected chi connectivity index (χ0v) is 18.8. The Balaban J connectivity index is 1.53. The van der Waals surface area contributed by atoms with E-state index >= 15 is 0 Å². The largest absolute Gasteiger partial charge is 0.454 e. The Morgan fingerprint density at radius 1 is 0.938 bits per heavy atom. The highest BCUT2D eigenvalue weighted by molar-refractivity contribution is 5.59. The minimum absolute atomic E-state index is 0.0422. The van der Waals surface area contributed by atoms with Gasteiger partial charge in [0, 0.05) is 23.5 Å². The van der Waals surface area contributed by atoms with E-state index in [4.69, 9.17) is 14.5 Å². The quantitative estimate of drug-likeness (QED) is 0.608. The van der Waals surface area contributed by atoms with Crippen molar-refractivity contribution in [2.24, 2.45) is 0 Å². The molecule has 0 spiro atoms. The van der Waals surface area contributed by atoms with Crippen LogP contribution < -0.4 is 19.9 Å². The molecule has 0 N–H and O–H groups in total. The number of nitrogens with zero attached hydrogens (tertiary/aromatic N) is 4. The van der Waals surface area contributed by atoms with Gasteiger partial charge in [0.15, 0.2) is 11.5 Å². The van der Waals surface area contributed by atoms with Gasteiger partial charge in [0.2, 0.25) is 12.7 Å². The second-order valence-electron chi connectivity index (χ2n) is 8.31. The van der Waals surface area contributed by atoms with Gasteiger partial charge in [0.05, 0.1) is 13.3 Å². The van der Waals surface area contributed by atoms with Gasteiger partial charge in [-0.2, -0.15) is 0 Å². The lowest BCUT2D eigenvalue weighted by Gasteiger charge is -2.38. The van der Waals surface area contributed by atoms with Crippen LogP contribution in [0.1, 0.15) is 36.2 Å². The van der Waals surface area contributed by atoms with Crippen LogP contribution in [0.5, 0.6) is 11.5 Å². The van der Waals surface area contributed by atoms with Crippen molar-refractivity contribution in [3.63, 3.8) is 0 Å². The minimum Gasteiger partial charge on any atom is -0.454 e. The second kappa shape index (κ2) is 8.31. The highest BCUT2D eigenvalue weighted by Crippen LogP contribution is 2.34. The number of aromatic nitrogens is 2. The van der Waals surface area contributed by atoms with Gasteiger partial charge in [-0.1, -0.05) is 32.0 Å². The van der Waals surface area contributed by atoms with Crippen molar-refractivity contribution in [1.82, 2.24) is 14.5 Å². The van der Waals surface area contributed by atoms with Gasteiger partial charge in [0.1, 0.15) is 0 Å². The summed E-state index contributed by atoms with van der Waals surface area (Å²) in [6.45, 7) is 8.16. The first-order chi connectivity index (χ1) is 15.6. The molecule has 0 unspecified atom stereocenters. The third-order valence-electron chi connectivity index (χ3n) is 6.23. The predicted molar refractivity (Wildman–Crippen MR) is 124 cm³/mol. The maximum Gasteiger partial charge on any atom is 0.259 e. The number of aryl methyl sites for hydroxylation is 2. The Hall–Kier alpha value is -3.32. The van der Waals surface area contributed by atoms with Crippen LogP contribution in [0.25, 0.3) is 0 Å². The van der Waals surface area contributed by atoms with Gasteiger partial charge in [-0.15, -0.1) is 0 Å². The topological polar surface area (TPSA) is 59.8 Å². The van der Waals surface area contributed by atoms with Gasteiger partial charge in [-0.3, -0.25) is 19.2 Å². The minimum atomic E-state index is 0.0422. The van der Waals surface area contributed by atoms with E-state index in [1.165, 1.54) is 5.56 Å². The summed E-state index contributed by atoms with van der Waals surface area (Å²) in [5.74, 6) is 2.25. The molecule has 2 aromatic carbocycles. The summed E-state index contributed by atoms with van der Waals surface area (Å²) in [5.41, 5.74) is 5.05. The summed E-state index contributed by atoms with van der Waals surface area (Å²) in [7, 11) is 0. The molecule has 0 amide bonds. The molecule has 0 bridgehead atoms. The van der Waals surface area contributed by atoms with Crippen LogP contribution in [0.3, 0.4) is 0 Å². The van der Waals surface area contributed by atoms with E-state index in [0.717, 1.165) is 40.4 Å². The molecule has 7 heteroatoms. The van der Waals surface area contributed by atoms with E-state index in [1.807, 2.05) is 26.0 Å². The van der Waals surface area contributed by atoms with Crippen molar-refractivity contribution < 1.29 is 9.47 Å². The molecule has 5 rings (SSSR count). The first-order valence-electron chi connectivity index (χ1n) is 11.1. The molecular formula is C25H28N4O3. The Bertz CT molecular complexity index is 1200. The molecule has 3 aromatic rings. The third-order valence-corrected chi connectivity index (χ3v) is 6.23. The van der Waals surface area contributed by atoms with Crippen LogP contribution in [0.4, 0.5) is 11.6 Å². The summed E-state index contributed by atoms with van der Waals surface area (Å²) < 4.78 is 12.8. The molecule has 0 aliphatic carbocycles. The lowest BCUT2D eigenvalue weighted by Crippen LogP contribution is -2.47. The standard InChI is InChI=1S/C25H28N4O3/c1-4-18-6-9-20(10-7-18)28-14-27(13-19-8-11-22-23(12-19)32-16-31-22)15-29-24(30)21(5-2)17(3)26-25(28)29/h6-12H,4-5,13-16H2,1-3H3. The number of anilines is 2. The Morgan fingerprint density at radius 3 is 2.44 bits per heavy atom. The fourth-order valence-electron chi connectivity index (χ4n) is 4.44. The maximum absolute atomic E-state index is 13.3. The zero-order valence-electron chi connectivity index (χ0n) is 18.8. The molecule has 0 saturated heterocycles. The summed E-state index contributed by atoms with van der Waals surface area (Å²) >= 11 is 0. The van der Waals surface area contributed by atoms with E-state index in [-0.39, 0.29) is 12.4 Å². The molecule has 1 aromatic heterocycles.